The normalized spacial score (nSPS) is 14.5. The van der Waals surface area contributed by atoms with Crippen molar-refractivity contribution >= 4 is 40.5 Å². The fourth-order valence-electron chi connectivity index (χ4n) is 3.58. The maximum atomic E-state index is 14.2. The molecule has 13 heteroatoms. The predicted molar refractivity (Wildman–Crippen MR) is 135 cm³/mol. The van der Waals surface area contributed by atoms with Gasteiger partial charge in [0.2, 0.25) is 0 Å². The van der Waals surface area contributed by atoms with Gasteiger partial charge < -0.3 is 25.2 Å². The summed E-state index contributed by atoms with van der Waals surface area (Å²) in [6.07, 6.45) is -1.91. The zero-order chi connectivity index (χ0) is 26.6. The molecule has 3 heterocycles. The largest absolute Gasteiger partial charge is 0.416 e. The van der Waals surface area contributed by atoms with Gasteiger partial charge in [-0.15, -0.1) is 0 Å². The Labute approximate surface area is 211 Å². The van der Waals surface area contributed by atoms with Gasteiger partial charge in [0.25, 0.3) is 5.95 Å². The predicted octanol–water partition coefficient (Wildman–Crippen LogP) is 4.84. The smallest absolute Gasteiger partial charge is 0.378 e. The van der Waals surface area contributed by atoms with E-state index >= 15 is 0 Å². The van der Waals surface area contributed by atoms with Gasteiger partial charge in [0, 0.05) is 38.6 Å². The van der Waals surface area contributed by atoms with Crippen LogP contribution < -0.4 is 20.4 Å². The average Bonchev–Trinajstić information content (AvgIpc) is 2.86. The number of halogens is 4. The van der Waals surface area contributed by atoms with Crippen LogP contribution in [0.15, 0.2) is 47.7 Å². The molecule has 0 spiro atoms. The third-order valence-electron chi connectivity index (χ3n) is 5.41. The molecular formula is C24H26F4N8O. The summed E-state index contributed by atoms with van der Waals surface area (Å²) in [5.74, 6) is 0.592. The molecule has 0 aliphatic carbocycles. The van der Waals surface area contributed by atoms with Crippen LogP contribution in [0, 0.1) is 5.82 Å². The van der Waals surface area contributed by atoms with Gasteiger partial charge in [0.15, 0.2) is 11.6 Å². The highest BCUT2D eigenvalue weighted by molar-refractivity contribution is 5.94. The number of anilines is 5. The monoisotopic (exact) mass is 518 g/mol. The zero-order valence-electron chi connectivity index (χ0n) is 20.5. The minimum absolute atomic E-state index is 0.0902. The number of hydrogen-bond donors (Lipinski definition) is 2. The van der Waals surface area contributed by atoms with Crippen molar-refractivity contribution in [3.8, 4) is 0 Å². The third kappa shape index (κ3) is 6.82. The molecule has 37 heavy (non-hydrogen) atoms. The zero-order valence-corrected chi connectivity index (χ0v) is 20.5. The van der Waals surface area contributed by atoms with Crippen molar-refractivity contribution in [2.24, 2.45) is 4.99 Å². The second kappa shape index (κ2) is 10.9. The minimum atomic E-state index is -4.47. The van der Waals surface area contributed by atoms with Crippen LogP contribution in [0.5, 0.6) is 0 Å². The Balaban J connectivity index is 1.45. The van der Waals surface area contributed by atoms with Crippen molar-refractivity contribution in [2.45, 2.75) is 13.1 Å². The molecule has 0 unspecified atom stereocenters. The quantitative estimate of drug-likeness (QED) is 0.272. The molecule has 1 aliphatic heterocycles. The number of nitrogens with zero attached hydrogens (tertiary/aromatic N) is 6. The first kappa shape index (κ1) is 26.1. The molecule has 0 bridgehead atoms. The molecule has 2 N–H and O–H groups in total. The number of aromatic nitrogens is 3. The average molecular weight is 519 g/mol. The molecule has 1 saturated heterocycles. The Bertz CT molecular complexity index is 1260. The number of benzene rings is 1. The van der Waals surface area contributed by atoms with Gasteiger partial charge in [-0.3, -0.25) is 0 Å². The van der Waals surface area contributed by atoms with Crippen LogP contribution >= 0.6 is 0 Å². The Morgan fingerprint density at radius 1 is 1.05 bits per heavy atom. The molecule has 4 rings (SSSR count). The second-order valence-electron chi connectivity index (χ2n) is 8.48. The Hall–Kier alpha value is -4.00. The van der Waals surface area contributed by atoms with Crippen molar-refractivity contribution in [2.75, 3.05) is 60.8 Å². The van der Waals surface area contributed by atoms with Crippen molar-refractivity contribution in [1.82, 2.24) is 15.0 Å². The Morgan fingerprint density at radius 3 is 2.46 bits per heavy atom. The summed E-state index contributed by atoms with van der Waals surface area (Å²) >= 11 is 0. The van der Waals surface area contributed by atoms with Crippen LogP contribution in [-0.4, -0.2) is 61.2 Å². The molecule has 1 aromatic carbocycles. The van der Waals surface area contributed by atoms with E-state index in [1.807, 2.05) is 0 Å². The van der Waals surface area contributed by atoms with Crippen molar-refractivity contribution in [3.63, 3.8) is 0 Å². The van der Waals surface area contributed by atoms with Gasteiger partial charge in [-0.2, -0.15) is 23.1 Å². The Morgan fingerprint density at radius 2 is 1.81 bits per heavy atom. The van der Waals surface area contributed by atoms with E-state index in [-0.39, 0.29) is 17.5 Å². The first-order valence-electron chi connectivity index (χ1n) is 11.4. The number of pyridine rings is 1. The summed E-state index contributed by atoms with van der Waals surface area (Å²) in [6, 6.07) is 7.07. The maximum absolute atomic E-state index is 14.2. The fraction of sp³-hybridized carbons (Fsp3) is 0.333. The molecular weight excluding hydrogens is 492 g/mol. The molecule has 0 saturated carbocycles. The molecule has 2 aromatic heterocycles. The van der Waals surface area contributed by atoms with E-state index in [9.17, 15) is 17.6 Å². The Kier molecular flexibility index (Phi) is 7.71. The summed E-state index contributed by atoms with van der Waals surface area (Å²) in [5, 5.41) is 5.95. The van der Waals surface area contributed by atoms with E-state index in [0.29, 0.717) is 49.3 Å². The molecule has 1 fully saturated rings. The first-order chi connectivity index (χ1) is 17.6. The molecule has 196 valence electrons. The van der Waals surface area contributed by atoms with Crippen LogP contribution in [-0.2, 0) is 10.9 Å². The van der Waals surface area contributed by atoms with Gasteiger partial charge in [0.1, 0.15) is 11.7 Å². The summed E-state index contributed by atoms with van der Waals surface area (Å²) in [5.41, 5.74) is 0.443. The number of hydrogen-bond acceptors (Lipinski definition) is 8. The molecule has 0 radical (unpaired) electrons. The second-order valence-corrected chi connectivity index (χ2v) is 8.48. The lowest BCUT2D eigenvalue weighted by Crippen LogP contribution is -2.37. The summed E-state index contributed by atoms with van der Waals surface area (Å²) in [7, 11) is 3.34. The van der Waals surface area contributed by atoms with Gasteiger partial charge in [-0.1, -0.05) is 0 Å². The SMILES string of the molecule is CC(=Nc1ncc(F)c(N2CCOCC2)n1)Nc1ccc(Nc2cc(N(C)C)cc(C(F)(F)F)c2)cn1. The summed E-state index contributed by atoms with van der Waals surface area (Å²) in [4.78, 5) is 20.1. The third-order valence-corrected chi connectivity index (χ3v) is 5.41. The lowest BCUT2D eigenvalue weighted by molar-refractivity contribution is -0.137. The first-order valence-corrected chi connectivity index (χ1v) is 11.4. The number of nitrogens with one attached hydrogen (secondary N) is 2. The number of morpholine rings is 1. The number of alkyl halides is 3. The van der Waals surface area contributed by atoms with Gasteiger partial charge in [-0.25, -0.2) is 14.4 Å². The van der Waals surface area contributed by atoms with Crippen LogP contribution in [0.3, 0.4) is 0 Å². The topological polar surface area (TPSA) is 90.8 Å². The lowest BCUT2D eigenvalue weighted by atomic mass is 10.1. The highest BCUT2D eigenvalue weighted by atomic mass is 19.4. The molecule has 0 atom stereocenters. The van der Waals surface area contributed by atoms with E-state index < -0.39 is 17.6 Å². The highest BCUT2D eigenvalue weighted by Gasteiger charge is 2.31. The number of rotatable bonds is 6. The van der Waals surface area contributed by atoms with E-state index in [1.54, 1.807) is 49.0 Å². The van der Waals surface area contributed by atoms with Crippen LogP contribution in [0.4, 0.5) is 52.2 Å². The van der Waals surface area contributed by atoms with E-state index in [0.717, 1.165) is 18.3 Å². The molecule has 1 aliphatic rings. The van der Waals surface area contributed by atoms with Gasteiger partial charge in [-0.05, 0) is 37.3 Å². The molecule has 0 amide bonds. The van der Waals surface area contributed by atoms with Crippen molar-refractivity contribution in [1.29, 1.82) is 0 Å². The number of ether oxygens (including phenoxy) is 1. The van der Waals surface area contributed by atoms with E-state index in [4.69, 9.17) is 4.74 Å². The van der Waals surface area contributed by atoms with E-state index in [2.05, 4.69) is 30.6 Å². The molecule has 9 nitrogen and oxygen atoms in total. The maximum Gasteiger partial charge on any atom is 0.416 e. The number of aliphatic imine (C=N–C) groups is 1. The van der Waals surface area contributed by atoms with Crippen LogP contribution in [0.25, 0.3) is 0 Å². The van der Waals surface area contributed by atoms with Gasteiger partial charge in [0.05, 0.1) is 36.9 Å². The standard InChI is InChI=1S/C24H26F4N8O/c1-15(32-23-30-14-20(25)22(34-23)36-6-8-37-9-7-36)31-21-5-4-17(13-29-21)33-18-10-16(24(26,27)28)11-19(12-18)35(2)3/h4-5,10-14,33H,6-9H2,1-3H3,(H,29,30,31,32,34). The minimum Gasteiger partial charge on any atom is -0.378 e. The summed E-state index contributed by atoms with van der Waals surface area (Å²) < 4.78 is 59.4. The fourth-order valence-corrected chi connectivity index (χ4v) is 3.58. The van der Waals surface area contributed by atoms with E-state index in [1.165, 1.54) is 6.20 Å². The van der Waals surface area contributed by atoms with Crippen LogP contribution in [0.2, 0.25) is 0 Å². The van der Waals surface area contributed by atoms with Crippen LogP contribution in [0.1, 0.15) is 12.5 Å². The molecule has 3 aromatic rings. The number of amidine groups is 1. The van der Waals surface area contributed by atoms with Crippen molar-refractivity contribution in [3.05, 3.63) is 54.1 Å². The van der Waals surface area contributed by atoms with Crippen molar-refractivity contribution < 1.29 is 22.3 Å². The highest BCUT2D eigenvalue weighted by Crippen LogP contribution is 2.35. The van der Waals surface area contributed by atoms with Gasteiger partial charge >= 0.3 is 6.18 Å². The lowest BCUT2D eigenvalue weighted by Gasteiger charge is -2.27. The summed E-state index contributed by atoms with van der Waals surface area (Å²) in [6.45, 7) is 3.71.